The van der Waals surface area contributed by atoms with Gasteiger partial charge in [-0.15, -0.1) is 0 Å². The Bertz CT molecular complexity index is 556. The molecule has 3 atom stereocenters. The van der Waals surface area contributed by atoms with E-state index in [9.17, 15) is 18.3 Å². The van der Waals surface area contributed by atoms with Crippen molar-refractivity contribution < 1.29 is 22.7 Å². The van der Waals surface area contributed by atoms with Crippen LogP contribution in [0.3, 0.4) is 0 Å². The highest BCUT2D eigenvalue weighted by molar-refractivity contribution is 5.80. The van der Waals surface area contributed by atoms with E-state index in [0.29, 0.717) is 31.1 Å². The molecule has 1 aromatic rings. The van der Waals surface area contributed by atoms with E-state index in [1.165, 1.54) is 6.26 Å². The lowest BCUT2D eigenvalue weighted by Crippen LogP contribution is -2.47. The minimum absolute atomic E-state index is 0.0330. The van der Waals surface area contributed by atoms with Gasteiger partial charge in [0, 0.05) is 12.6 Å². The largest absolute Gasteiger partial charge is 0.466 e. The molecule has 1 fully saturated rings. The number of nitrogens with zero attached hydrogens (tertiary/aromatic N) is 1. The monoisotopic (exact) mass is 361 g/mol. The van der Waals surface area contributed by atoms with E-state index in [1.54, 1.807) is 19.1 Å². The van der Waals surface area contributed by atoms with Crippen molar-refractivity contribution in [1.29, 1.82) is 0 Å². The third kappa shape index (κ3) is 5.66. The Kier molecular flexibility index (Phi) is 6.37. The summed E-state index contributed by atoms with van der Waals surface area (Å²) < 4.78 is 44.0. The van der Waals surface area contributed by atoms with Crippen molar-refractivity contribution in [3.63, 3.8) is 0 Å². The number of aliphatic imine (C=N–C) groups is 1. The zero-order valence-corrected chi connectivity index (χ0v) is 14.6. The second-order valence-electron chi connectivity index (χ2n) is 6.69. The number of aliphatic hydroxyl groups is 1. The van der Waals surface area contributed by atoms with Crippen LogP contribution in [0.25, 0.3) is 0 Å². The van der Waals surface area contributed by atoms with E-state index in [-0.39, 0.29) is 25.4 Å². The first-order valence-electron chi connectivity index (χ1n) is 8.60. The zero-order valence-electron chi connectivity index (χ0n) is 14.6. The van der Waals surface area contributed by atoms with Gasteiger partial charge in [0.05, 0.1) is 18.7 Å². The molecular weight excluding hydrogens is 335 g/mol. The van der Waals surface area contributed by atoms with E-state index >= 15 is 0 Å². The van der Waals surface area contributed by atoms with Crippen LogP contribution in [0.5, 0.6) is 0 Å². The Morgan fingerprint density at radius 3 is 2.76 bits per heavy atom. The number of hydrogen-bond acceptors (Lipinski definition) is 3. The fraction of sp³-hybridized carbons (Fsp3) is 0.706. The molecule has 5 nitrogen and oxygen atoms in total. The summed E-state index contributed by atoms with van der Waals surface area (Å²) in [6.07, 6.45) is -1.25. The lowest BCUT2D eigenvalue weighted by molar-refractivity contribution is -0.183. The minimum atomic E-state index is -4.15. The van der Waals surface area contributed by atoms with Crippen LogP contribution >= 0.6 is 0 Å². The van der Waals surface area contributed by atoms with Crippen LogP contribution in [0.2, 0.25) is 0 Å². The average Bonchev–Trinajstić information content (AvgIpc) is 3.08. The predicted octanol–water partition coefficient (Wildman–Crippen LogP) is 3.16. The number of hydrogen-bond donors (Lipinski definition) is 3. The molecule has 3 N–H and O–H groups in total. The SMILES string of the molecule is CCNC(=NCC(C)(O)c1ccco1)NC1CCCC(C(F)(F)F)C1. The summed E-state index contributed by atoms with van der Waals surface area (Å²) in [5.74, 6) is -0.475. The molecule has 0 aromatic carbocycles. The molecule has 2 rings (SSSR count). The number of furan rings is 1. The highest BCUT2D eigenvalue weighted by Gasteiger charge is 2.42. The maximum Gasteiger partial charge on any atom is 0.391 e. The molecule has 8 heteroatoms. The quantitative estimate of drug-likeness (QED) is 0.557. The second-order valence-corrected chi connectivity index (χ2v) is 6.69. The summed E-state index contributed by atoms with van der Waals surface area (Å²) in [5.41, 5.74) is -1.28. The number of guanidine groups is 1. The molecule has 1 saturated carbocycles. The Balaban J connectivity index is 2.00. The smallest absolute Gasteiger partial charge is 0.391 e. The van der Waals surface area contributed by atoms with Crippen LogP contribution in [0, 0.1) is 5.92 Å². The van der Waals surface area contributed by atoms with Crippen molar-refractivity contribution in [3.05, 3.63) is 24.2 Å². The van der Waals surface area contributed by atoms with Gasteiger partial charge in [-0.1, -0.05) is 6.42 Å². The van der Waals surface area contributed by atoms with Crippen molar-refractivity contribution in [1.82, 2.24) is 10.6 Å². The second kappa shape index (κ2) is 8.12. The Morgan fingerprint density at radius 2 is 2.16 bits per heavy atom. The first-order valence-corrected chi connectivity index (χ1v) is 8.60. The van der Waals surface area contributed by atoms with Gasteiger partial charge in [0.2, 0.25) is 0 Å². The minimum Gasteiger partial charge on any atom is -0.466 e. The van der Waals surface area contributed by atoms with Crippen LogP contribution in [0.1, 0.15) is 45.3 Å². The highest BCUT2D eigenvalue weighted by atomic mass is 19.4. The molecule has 142 valence electrons. The summed E-state index contributed by atoms with van der Waals surface area (Å²) in [5, 5.41) is 16.5. The molecule has 0 saturated heterocycles. The fourth-order valence-electron chi connectivity index (χ4n) is 3.03. The Labute approximate surface area is 145 Å². The van der Waals surface area contributed by atoms with E-state index in [0.717, 1.165) is 0 Å². The number of halogens is 3. The Morgan fingerprint density at radius 1 is 1.40 bits per heavy atom. The van der Waals surface area contributed by atoms with Gasteiger partial charge in [-0.2, -0.15) is 13.2 Å². The third-order valence-electron chi connectivity index (χ3n) is 4.42. The number of nitrogens with one attached hydrogen (secondary N) is 2. The van der Waals surface area contributed by atoms with Crippen LogP contribution in [-0.4, -0.2) is 36.4 Å². The van der Waals surface area contributed by atoms with Crippen LogP contribution in [0.4, 0.5) is 13.2 Å². The van der Waals surface area contributed by atoms with Crippen molar-refractivity contribution in [2.45, 2.75) is 57.3 Å². The van der Waals surface area contributed by atoms with E-state index in [4.69, 9.17) is 4.42 Å². The first kappa shape index (κ1) is 19.6. The summed E-state index contributed by atoms with van der Waals surface area (Å²) in [6, 6.07) is 3.05. The fourth-order valence-corrected chi connectivity index (χ4v) is 3.03. The van der Waals surface area contributed by atoms with E-state index in [2.05, 4.69) is 15.6 Å². The van der Waals surface area contributed by atoms with Gasteiger partial charge in [-0.25, -0.2) is 4.99 Å². The highest BCUT2D eigenvalue weighted by Crippen LogP contribution is 2.37. The molecular formula is C17H26F3N3O2. The third-order valence-corrected chi connectivity index (χ3v) is 4.42. The standard InChI is InChI=1S/C17H26F3N3O2/c1-3-21-15(22-11-16(2,24)14-8-5-9-25-14)23-13-7-4-6-12(10-13)17(18,19)20/h5,8-9,12-13,24H,3-4,6-7,10-11H2,1-2H3,(H2,21,22,23). The lowest BCUT2D eigenvalue weighted by atomic mass is 9.85. The molecule has 1 heterocycles. The zero-order chi connectivity index (χ0) is 18.5. The summed E-state index contributed by atoms with van der Waals surface area (Å²) in [6.45, 7) is 4.07. The molecule has 0 bridgehead atoms. The van der Waals surface area contributed by atoms with Gasteiger partial charge >= 0.3 is 6.18 Å². The lowest BCUT2D eigenvalue weighted by Gasteiger charge is -2.32. The molecule has 0 radical (unpaired) electrons. The molecule has 1 aliphatic carbocycles. The van der Waals surface area contributed by atoms with Gasteiger partial charge in [-0.3, -0.25) is 0 Å². The topological polar surface area (TPSA) is 69.8 Å². The molecule has 3 unspecified atom stereocenters. The normalized spacial score (nSPS) is 24.6. The number of alkyl halides is 3. The predicted molar refractivity (Wildman–Crippen MR) is 89.2 cm³/mol. The summed E-state index contributed by atoms with van der Waals surface area (Å²) >= 11 is 0. The van der Waals surface area contributed by atoms with Gasteiger partial charge < -0.3 is 20.2 Å². The summed E-state index contributed by atoms with van der Waals surface area (Å²) in [4.78, 5) is 4.33. The van der Waals surface area contributed by atoms with Gasteiger partial charge in [0.1, 0.15) is 11.4 Å². The van der Waals surface area contributed by atoms with Crippen LogP contribution in [-0.2, 0) is 5.60 Å². The van der Waals surface area contributed by atoms with Gasteiger partial charge in [0.25, 0.3) is 0 Å². The van der Waals surface area contributed by atoms with Gasteiger partial charge in [0.15, 0.2) is 5.96 Å². The van der Waals surface area contributed by atoms with Crippen molar-refractivity contribution in [3.8, 4) is 0 Å². The van der Waals surface area contributed by atoms with Gasteiger partial charge in [-0.05, 0) is 45.2 Å². The van der Waals surface area contributed by atoms with E-state index < -0.39 is 17.7 Å². The molecule has 1 aromatic heterocycles. The molecule has 0 spiro atoms. The molecule has 1 aliphatic rings. The first-order chi connectivity index (χ1) is 11.7. The summed E-state index contributed by atoms with van der Waals surface area (Å²) in [7, 11) is 0. The Hall–Kier alpha value is -1.70. The van der Waals surface area contributed by atoms with Crippen LogP contribution in [0.15, 0.2) is 27.8 Å². The average molecular weight is 361 g/mol. The molecule has 0 aliphatic heterocycles. The van der Waals surface area contributed by atoms with Crippen LogP contribution < -0.4 is 10.6 Å². The maximum absolute atomic E-state index is 12.9. The number of rotatable bonds is 5. The molecule has 25 heavy (non-hydrogen) atoms. The van der Waals surface area contributed by atoms with Crippen molar-refractivity contribution in [2.24, 2.45) is 10.9 Å². The van der Waals surface area contributed by atoms with Crippen molar-refractivity contribution >= 4 is 5.96 Å². The molecule has 0 amide bonds. The van der Waals surface area contributed by atoms with E-state index in [1.807, 2.05) is 6.92 Å². The maximum atomic E-state index is 12.9. The van der Waals surface area contributed by atoms with Crippen molar-refractivity contribution in [2.75, 3.05) is 13.1 Å².